The number of halogens is 2. The molecule has 0 saturated heterocycles. The van der Waals surface area contributed by atoms with Crippen LogP contribution in [0.25, 0.3) is 0 Å². The Bertz CT molecular complexity index is 422. The van der Waals surface area contributed by atoms with Crippen LogP contribution in [0.15, 0.2) is 12.1 Å². The fourth-order valence-corrected chi connectivity index (χ4v) is 2.38. The maximum atomic E-state index is 6.22. The van der Waals surface area contributed by atoms with Crippen LogP contribution in [0.1, 0.15) is 18.4 Å². The first-order valence-electron chi connectivity index (χ1n) is 6.51. The topological polar surface area (TPSA) is 30.5 Å². The van der Waals surface area contributed by atoms with Gasteiger partial charge in [0, 0.05) is 30.8 Å². The van der Waals surface area contributed by atoms with Gasteiger partial charge in [-0.25, -0.2) is 0 Å². The van der Waals surface area contributed by atoms with E-state index in [1.54, 1.807) is 13.2 Å². The van der Waals surface area contributed by atoms with E-state index in [9.17, 15) is 0 Å². The Hall–Kier alpha value is -0.480. The van der Waals surface area contributed by atoms with Crippen LogP contribution in [-0.2, 0) is 11.3 Å². The molecule has 1 fully saturated rings. The van der Waals surface area contributed by atoms with Crippen LogP contribution < -0.4 is 10.1 Å². The first-order valence-corrected chi connectivity index (χ1v) is 7.26. The minimum absolute atomic E-state index is 0.580. The van der Waals surface area contributed by atoms with Crippen LogP contribution in [0.3, 0.4) is 0 Å². The van der Waals surface area contributed by atoms with Gasteiger partial charge in [-0.15, -0.1) is 0 Å². The molecule has 19 heavy (non-hydrogen) atoms. The van der Waals surface area contributed by atoms with Gasteiger partial charge in [0.1, 0.15) is 5.75 Å². The van der Waals surface area contributed by atoms with Crippen molar-refractivity contribution in [3.05, 3.63) is 27.7 Å². The van der Waals surface area contributed by atoms with Crippen molar-refractivity contribution < 1.29 is 9.47 Å². The van der Waals surface area contributed by atoms with Crippen LogP contribution in [-0.4, -0.2) is 26.9 Å². The van der Waals surface area contributed by atoms with Crippen molar-refractivity contribution in [3.8, 4) is 5.75 Å². The molecule has 5 heteroatoms. The van der Waals surface area contributed by atoms with E-state index in [0.717, 1.165) is 24.5 Å². The predicted molar refractivity (Wildman–Crippen MR) is 78.3 cm³/mol. The first-order chi connectivity index (χ1) is 9.20. The molecule has 2 rings (SSSR count). The average molecular weight is 304 g/mol. The Kier molecular flexibility index (Phi) is 5.76. The second-order valence-corrected chi connectivity index (χ2v) is 5.64. The van der Waals surface area contributed by atoms with E-state index in [-0.39, 0.29) is 0 Å². The van der Waals surface area contributed by atoms with Crippen molar-refractivity contribution in [1.29, 1.82) is 0 Å². The van der Waals surface area contributed by atoms with E-state index in [0.29, 0.717) is 29.1 Å². The summed E-state index contributed by atoms with van der Waals surface area (Å²) < 4.78 is 10.8. The Labute approximate surface area is 124 Å². The average Bonchev–Trinajstić information content (AvgIpc) is 3.17. The Morgan fingerprint density at radius 2 is 2.11 bits per heavy atom. The first kappa shape index (κ1) is 14.9. The van der Waals surface area contributed by atoms with E-state index >= 15 is 0 Å². The highest BCUT2D eigenvalue weighted by atomic mass is 35.5. The fraction of sp³-hybridized carbons (Fsp3) is 0.571. The Balaban J connectivity index is 1.99. The third-order valence-corrected chi connectivity index (χ3v) is 3.54. The summed E-state index contributed by atoms with van der Waals surface area (Å²) in [7, 11) is 1.68. The van der Waals surface area contributed by atoms with Gasteiger partial charge in [0.05, 0.1) is 18.2 Å². The lowest BCUT2D eigenvalue weighted by Crippen LogP contribution is -2.19. The molecule has 1 aliphatic rings. The molecular formula is C14H19Cl2NO2. The van der Waals surface area contributed by atoms with Gasteiger partial charge in [-0.3, -0.25) is 0 Å². The molecule has 1 aliphatic carbocycles. The highest BCUT2D eigenvalue weighted by molar-refractivity contribution is 6.35. The van der Waals surface area contributed by atoms with E-state index in [2.05, 4.69) is 5.32 Å². The highest BCUT2D eigenvalue weighted by Crippen LogP contribution is 2.35. The van der Waals surface area contributed by atoms with Crippen LogP contribution in [0.4, 0.5) is 0 Å². The van der Waals surface area contributed by atoms with Gasteiger partial charge in [-0.2, -0.15) is 0 Å². The molecule has 0 unspecified atom stereocenters. The SMILES string of the molecule is COCCNCc1cc(Cl)cc(Cl)c1OCC1CC1. The molecule has 0 aromatic heterocycles. The lowest BCUT2D eigenvalue weighted by molar-refractivity contribution is 0.199. The Morgan fingerprint density at radius 3 is 2.79 bits per heavy atom. The minimum Gasteiger partial charge on any atom is -0.491 e. The zero-order chi connectivity index (χ0) is 13.7. The van der Waals surface area contributed by atoms with Crippen molar-refractivity contribution in [2.75, 3.05) is 26.9 Å². The molecule has 1 N–H and O–H groups in total. The molecule has 0 atom stereocenters. The largest absolute Gasteiger partial charge is 0.491 e. The van der Waals surface area contributed by atoms with Crippen LogP contribution >= 0.6 is 23.2 Å². The minimum atomic E-state index is 0.580. The lowest BCUT2D eigenvalue weighted by Gasteiger charge is -2.14. The number of hydrogen-bond acceptors (Lipinski definition) is 3. The van der Waals surface area contributed by atoms with E-state index < -0.39 is 0 Å². The van der Waals surface area contributed by atoms with Crippen molar-refractivity contribution in [1.82, 2.24) is 5.32 Å². The summed E-state index contributed by atoms with van der Waals surface area (Å²) in [5.41, 5.74) is 0.995. The third kappa shape index (κ3) is 4.84. The van der Waals surface area contributed by atoms with Gasteiger partial charge >= 0.3 is 0 Å². The number of hydrogen-bond donors (Lipinski definition) is 1. The maximum Gasteiger partial charge on any atom is 0.142 e. The highest BCUT2D eigenvalue weighted by Gasteiger charge is 2.23. The van der Waals surface area contributed by atoms with Gasteiger partial charge in [0.25, 0.3) is 0 Å². The second-order valence-electron chi connectivity index (χ2n) is 4.80. The van der Waals surface area contributed by atoms with Crippen LogP contribution in [0.5, 0.6) is 5.75 Å². The molecular weight excluding hydrogens is 285 g/mol. The maximum absolute atomic E-state index is 6.22. The number of methoxy groups -OCH3 is 1. The Morgan fingerprint density at radius 1 is 1.32 bits per heavy atom. The summed E-state index contributed by atoms with van der Waals surface area (Å²) in [6, 6.07) is 3.62. The van der Waals surface area contributed by atoms with Crippen LogP contribution in [0.2, 0.25) is 10.0 Å². The third-order valence-electron chi connectivity index (χ3n) is 3.04. The zero-order valence-corrected chi connectivity index (χ0v) is 12.6. The number of benzene rings is 1. The molecule has 1 aromatic rings. The molecule has 0 radical (unpaired) electrons. The number of ether oxygens (including phenoxy) is 2. The van der Waals surface area contributed by atoms with Gasteiger partial charge in [-0.1, -0.05) is 23.2 Å². The van der Waals surface area contributed by atoms with E-state index in [1.807, 2.05) is 6.07 Å². The van der Waals surface area contributed by atoms with E-state index in [4.69, 9.17) is 32.7 Å². The van der Waals surface area contributed by atoms with Gasteiger partial charge in [-0.05, 0) is 30.9 Å². The molecule has 0 bridgehead atoms. The zero-order valence-electron chi connectivity index (χ0n) is 11.0. The van der Waals surface area contributed by atoms with Crippen molar-refractivity contribution >= 4 is 23.2 Å². The standard InChI is InChI=1S/C14H19Cl2NO2/c1-18-5-4-17-8-11-6-12(15)7-13(16)14(11)19-9-10-2-3-10/h6-7,10,17H,2-5,8-9H2,1H3. The summed E-state index contributed by atoms with van der Waals surface area (Å²) in [5.74, 6) is 1.45. The van der Waals surface area contributed by atoms with Gasteiger partial charge in [0.2, 0.25) is 0 Å². The van der Waals surface area contributed by atoms with Crippen molar-refractivity contribution in [3.63, 3.8) is 0 Å². The molecule has 106 valence electrons. The molecule has 0 amide bonds. The molecule has 0 spiro atoms. The summed E-state index contributed by atoms with van der Waals surface area (Å²) in [5, 5.41) is 4.49. The monoisotopic (exact) mass is 303 g/mol. The van der Waals surface area contributed by atoms with E-state index in [1.165, 1.54) is 12.8 Å². The summed E-state index contributed by atoms with van der Waals surface area (Å²) >= 11 is 12.3. The molecule has 1 aromatic carbocycles. The molecule has 0 aliphatic heterocycles. The smallest absolute Gasteiger partial charge is 0.142 e. The normalized spacial score (nSPS) is 14.7. The number of nitrogens with one attached hydrogen (secondary N) is 1. The quantitative estimate of drug-likeness (QED) is 0.745. The summed E-state index contributed by atoms with van der Waals surface area (Å²) in [6.45, 7) is 2.87. The number of rotatable bonds is 8. The van der Waals surface area contributed by atoms with Crippen molar-refractivity contribution in [2.45, 2.75) is 19.4 Å². The molecule has 3 nitrogen and oxygen atoms in total. The second kappa shape index (κ2) is 7.34. The molecule has 1 saturated carbocycles. The summed E-state index contributed by atoms with van der Waals surface area (Å²) in [6.07, 6.45) is 2.51. The van der Waals surface area contributed by atoms with Crippen molar-refractivity contribution in [2.24, 2.45) is 5.92 Å². The summed E-state index contributed by atoms with van der Waals surface area (Å²) in [4.78, 5) is 0. The van der Waals surface area contributed by atoms with Crippen LogP contribution in [0, 0.1) is 5.92 Å². The fourth-order valence-electron chi connectivity index (χ4n) is 1.79. The van der Waals surface area contributed by atoms with Gasteiger partial charge in [0.15, 0.2) is 0 Å². The predicted octanol–water partition coefficient (Wildman–Crippen LogP) is 3.52. The lowest BCUT2D eigenvalue weighted by atomic mass is 10.2. The van der Waals surface area contributed by atoms with Gasteiger partial charge < -0.3 is 14.8 Å². The molecule has 0 heterocycles.